The van der Waals surface area contributed by atoms with Crippen molar-refractivity contribution in [2.45, 2.75) is 19.8 Å². The zero-order valence-corrected chi connectivity index (χ0v) is 20.0. The van der Waals surface area contributed by atoms with Crippen LogP contribution in [0.2, 0.25) is 0 Å². The van der Waals surface area contributed by atoms with Crippen LogP contribution in [0.4, 0.5) is 11.4 Å². The van der Waals surface area contributed by atoms with E-state index in [2.05, 4.69) is 12.2 Å². The zero-order valence-electron chi connectivity index (χ0n) is 19.2. The normalized spacial score (nSPS) is 13.3. The van der Waals surface area contributed by atoms with Crippen molar-refractivity contribution in [1.82, 2.24) is 0 Å². The first-order valence-electron chi connectivity index (χ1n) is 11.0. The largest absolute Gasteiger partial charge is 0.495 e. The molecular weight excluding hydrogens is 468 g/mol. The fourth-order valence-electron chi connectivity index (χ4n) is 3.66. The fraction of sp³-hybridized carbons (Fsp3) is 0.148. The molecule has 3 aromatic rings. The third kappa shape index (κ3) is 5.05. The molecular formula is C27H23ClN2O5. The molecule has 0 fully saturated rings. The second-order valence-corrected chi connectivity index (χ2v) is 8.17. The Balaban J connectivity index is 1.45. The first-order valence-corrected chi connectivity index (χ1v) is 11.4. The molecule has 0 saturated heterocycles. The number of carbonyl (C=O) groups is 3. The third-order valence-corrected chi connectivity index (χ3v) is 5.77. The van der Waals surface area contributed by atoms with E-state index in [9.17, 15) is 14.4 Å². The fourth-order valence-corrected chi connectivity index (χ4v) is 3.87. The van der Waals surface area contributed by atoms with E-state index in [0.29, 0.717) is 28.4 Å². The van der Waals surface area contributed by atoms with E-state index in [1.165, 1.54) is 12.7 Å². The highest BCUT2D eigenvalue weighted by Crippen LogP contribution is 2.35. The van der Waals surface area contributed by atoms with Crippen LogP contribution < -0.4 is 19.7 Å². The highest BCUT2D eigenvalue weighted by Gasteiger charge is 2.40. The van der Waals surface area contributed by atoms with Gasteiger partial charge in [0.1, 0.15) is 22.2 Å². The van der Waals surface area contributed by atoms with Crippen molar-refractivity contribution in [2.24, 2.45) is 0 Å². The number of imide groups is 1. The molecule has 178 valence electrons. The van der Waals surface area contributed by atoms with Crippen LogP contribution in [-0.2, 0) is 16.0 Å². The van der Waals surface area contributed by atoms with Gasteiger partial charge in [-0.3, -0.25) is 9.59 Å². The molecule has 2 amide bonds. The highest BCUT2D eigenvalue weighted by atomic mass is 35.5. The van der Waals surface area contributed by atoms with E-state index in [1.807, 2.05) is 12.1 Å². The Morgan fingerprint density at radius 2 is 1.63 bits per heavy atom. The van der Waals surface area contributed by atoms with Crippen molar-refractivity contribution in [3.63, 3.8) is 0 Å². The molecule has 3 aromatic carbocycles. The summed E-state index contributed by atoms with van der Waals surface area (Å²) in [4.78, 5) is 39.2. The minimum Gasteiger partial charge on any atom is -0.495 e. The first kappa shape index (κ1) is 24.0. The predicted molar refractivity (Wildman–Crippen MR) is 134 cm³/mol. The van der Waals surface area contributed by atoms with Crippen molar-refractivity contribution in [2.75, 3.05) is 17.3 Å². The lowest BCUT2D eigenvalue weighted by molar-refractivity contribution is -0.120. The number of hydrogen-bond donors (Lipinski definition) is 1. The Labute approximate surface area is 207 Å². The summed E-state index contributed by atoms with van der Waals surface area (Å²) in [6.45, 7) is 2.11. The number of nitrogens with one attached hydrogen (secondary N) is 1. The molecule has 4 rings (SSSR count). The van der Waals surface area contributed by atoms with Crippen molar-refractivity contribution < 1.29 is 23.9 Å². The molecule has 0 bridgehead atoms. The van der Waals surface area contributed by atoms with Crippen LogP contribution in [0.3, 0.4) is 0 Å². The molecule has 7 nitrogen and oxygen atoms in total. The predicted octanol–water partition coefficient (Wildman–Crippen LogP) is 5.30. The average Bonchev–Trinajstić information content (AvgIpc) is 3.08. The number of hydrogen-bond acceptors (Lipinski definition) is 6. The van der Waals surface area contributed by atoms with Gasteiger partial charge in [-0.05, 0) is 60.5 Å². The first-order chi connectivity index (χ1) is 16.9. The van der Waals surface area contributed by atoms with Gasteiger partial charge in [0.2, 0.25) is 0 Å². The number of aryl methyl sites for hydroxylation is 1. The molecule has 1 N–H and O–H groups in total. The van der Waals surface area contributed by atoms with E-state index < -0.39 is 17.8 Å². The SMILES string of the molecule is CCCc1ccc(OC(=O)c2ccc(NC3=C(Cl)C(=O)N(c4ccccc4OC)C3=O)cc2)cc1. The van der Waals surface area contributed by atoms with Gasteiger partial charge in [-0.25, -0.2) is 9.69 Å². The van der Waals surface area contributed by atoms with Crippen LogP contribution in [0.15, 0.2) is 83.5 Å². The van der Waals surface area contributed by atoms with Crippen LogP contribution in [0, 0.1) is 0 Å². The van der Waals surface area contributed by atoms with Gasteiger partial charge in [0.15, 0.2) is 0 Å². The number of anilines is 2. The molecule has 1 heterocycles. The molecule has 0 spiro atoms. The number of carbonyl (C=O) groups excluding carboxylic acids is 3. The molecule has 8 heteroatoms. The summed E-state index contributed by atoms with van der Waals surface area (Å²) in [5.41, 5.74) is 2.21. The van der Waals surface area contributed by atoms with E-state index in [4.69, 9.17) is 21.1 Å². The minimum absolute atomic E-state index is 0.0648. The van der Waals surface area contributed by atoms with Gasteiger partial charge >= 0.3 is 5.97 Å². The molecule has 0 radical (unpaired) electrons. The van der Waals surface area contributed by atoms with E-state index >= 15 is 0 Å². The molecule has 0 atom stereocenters. The highest BCUT2D eigenvalue weighted by molar-refractivity contribution is 6.53. The molecule has 35 heavy (non-hydrogen) atoms. The monoisotopic (exact) mass is 490 g/mol. The second-order valence-electron chi connectivity index (χ2n) is 7.79. The third-order valence-electron chi connectivity index (χ3n) is 5.42. The second kappa shape index (κ2) is 10.4. The maximum Gasteiger partial charge on any atom is 0.343 e. The van der Waals surface area contributed by atoms with Gasteiger partial charge in [0.05, 0.1) is 18.4 Å². The Hall–Kier alpha value is -4.10. The Bertz CT molecular complexity index is 1300. The van der Waals surface area contributed by atoms with Gasteiger partial charge in [-0.2, -0.15) is 0 Å². The average molecular weight is 491 g/mol. The summed E-state index contributed by atoms with van der Waals surface area (Å²) in [5, 5.41) is 2.64. The quantitative estimate of drug-likeness (QED) is 0.262. The van der Waals surface area contributed by atoms with Gasteiger partial charge in [0.25, 0.3) is 11.8 Å². The number of esters is 1. The minimum atomic E-state index is -0.659. The lowest BCUT2D eigenvalue weighted by Crippen LogP contribution is -2.32. The number of halogens is 1. The Kier molecular flexibility index (Phi) is 7.17. The molecule has 0 aliphatic carbocycles. The molecule has 0 saturated carbocycles. The number of methoxy groups -OCH3 is 1. The maximum absolute atomic E-state index is 13.0. The van der Waals surface area contributed by atoms with Crippen LogP contribution in [-0.4, -0.2) is 24.9 Å². The summed E-state index contributed by atoms with van der Waals surface area (Å²) in [5.74, 6) is -0.955. The smallest absolute Gasteiger partial charge is 0.343 e. The van der Waals surface area contributed by atoms with Crippen molar-refractivity contribution in [3.05, 3.63) is 94.7 Å². The summed E-state index contributed by atoms with van der Waals surface area (Å²) in [7, 11) is 1.45. The van der Waals surface area contributed by atoms with Crippen LogP contribution in [0.1, 0.15) is 29.3 Å². The molecule has 1 aliphatic rings. The summed E-state index contributed by atoms with van der Waals surface area (Å²) in [6.07, 6.45) is 2.01. The zero-order chi connectivity index (χ0) is 24.9. The standard InChI is InChI=1S/C27H23ClN2O5/c1-3-6-17-9-15-20(16-10-17)35-27(33)18-11-13-19(14-12-18)29-24-23(28)25(31)30(26(24)32)21-7-4-5-8-22(21)34-2/h4-5,7-16,29H,3,6H2,1-2H3. The van der Waals surface area contributed by atoms with Crippen molar-refractivity contribution in [3.8, 4) is 11.5 Å². The number of ether oxygens (including phenoxy) is 2. The van der Waals surface area contributed by atoms with Crippen LogP contribution in [0.5, 0.6) is 11.5 Å². The molecule has 0 aromatic heterocycles. The Morgan fingerprint density at radius 1 is 0.943 bits per heavy atom. The maximum atomic E-state index is 13.0. The summed E-state index contributed by atoms with van der Waals surface area (Å²) in [6, 6.07) is 20.4. The van der Waals surface area contributed by atoms with E-state index in [0.717, 1.165) is 17.7 Å². The Morgan fingerprint density at radius 3 is 2.29 bits per heavy atom. The van der Waals surface area contributed by atoms with Crippen LogP contribution in [0.25, 0.3) is 0 Å². The van der Waals surface area contributed by atoms with Crippen molar-refractivity contribution in [1.29, 1.82) is 0 Å². The topological polar surface area (TPSA) is 84.9 Å². The summed E-state index contributed by atoms with van der Waals surface area (Å²) >= 11 is 6.21. The van der Waals surface area contributed by atoms with Gasteiger partial charge < -0.3 is 14.8 Å². The van der Waals surface area contributed by atoms with Gasteiger partial charge in [0, 0.05) is 5.69 Å². The van der Waals surface area contributed by atoms with E-state index in [1.54, 1.807) is 60.7 Å². The number of amides is 2. The molecule has 1 aliphatic heterocycles. The number of rotatable bonds is 8. The molecule has 0 unspecified atom stereocenters. The van der Waals surface area contributed by atoms with Gasteiger partial charge in [-0.15, -0.1) is 0 Å². The van der Waals surface area contributed by atoms with Gasteiger partial charge in [-0.1, -0.05) is 49.2 Å². The number of benzene rings is 3. The van der Waals surface area contributed by atoms with Crippen LogP contribution >= 0.6 is 11.6 Å². The van der Waals surface area contributed by atoms with E-state index in [-0.39, 0.29) is 10.7 Å². The van der Waals surface area contributed by atoms with Crippen molar-refractivity contribution >= 4 is 40.8 Å². The lowest BCUT2D eigenvalue weighted by Gasteiger charge is -2.17. The summed E-state index contributed by atoms with van der Waals surface area (Å²) < 4.78 is 10.7. The number of nitrogens with zero attached hydrogens (tertiary/aromatic N) is 1. The number of para-hydroxylation sites is 2. The lowest BCUT2D eigenvalue weighted by atomic mass is 10.1.